The molecule has 0 heterocycles. The summed E-state index contributed by atoms with van der Waals surface area (Å²) < 4.78 is 5.13. The van der Waals surface area contributed by atoms with Crippen LogP contribution in [0.15, 0.2) is 24.3 Å². The van der Waals surface area contributed by atoms with Crippen LogP contribution in [-0.4, -0.2) is 20.2 Å². The maximum absolute atomic E-state index is 5.13. The number of rotatable bonds is 7. The number of aryl methyl sites for hydroxylation is 1. The van der Waals surface area contributed by atoms with Crippen molar-refractivity contribution >= 4 is 0 Å². The van der Waals surface area contributed by atoms with Crippen LogP contribution in [0, 0.1) is 5.92 Å². The van der Waals surface area contributed by atoms with Crippen LogP contribution < -0.4 is 10.1 Å². The molecule has 0 unspecified atom stereocenters. The number of nitrogens with one attached hydrogen (secondary N) is 1. The second-order valence-electron chi connectivity index (χ2n) is 4.60. The van der Waals surface area contributed by atoms with Gasteiger partial charge < -0.3 is 10.1 Å². The van der Waals surface area contributed by atoms with Crippen molar-refractivity contribution in [1.82, 2.24) is 5.32 Å². The van der Waals surface area contributed by atoms with Crippen molar-refractivity contribution in [1.29, 1.82) is 0 Å². The molecule has 0 radical (unpaired) electrons. The van der Waals surface area contributed by atoms with Crippen LogP contribution in [0.5, 0.6) is 5.75 Å². The summed E-state index contributed by atoms with van der Waals surface area (Å²) in [5, 5.41) is 3.52. The monoisotopic (exact) mass is 219 g/mol. The lowest BCUT2D eigenvalue weighted by molar-refractivity contribution is 0.414. The fourth-order valence-corrected chi connectivity index (χ4v) is 1.84. The molecule has 1 fully saturated rings. The first-order chi connectivity index (χ1) is 7.88. The van der Waals surface area contributed by atoms with Gasteiger partial charge in [-0.05, 0) is 62.4 Å². The summed E-state index contributed by atoms with van der Waals surface area (Å²) in [6, 6.07) is 8.37. The first kappa shape index (κ1) is 11.5. The normalized spacial score (nSPS) is 15.1. The Balaban J connectivity index is 1.60. The molecule has 1 saturated carbocycles. The molecule has 0 aromatic heterocycles. The molecule has 2 heteroatoms. The maximum atomic E-state index is 5.13. The molecule has 0 aliphatic heterocycles. The zero-order valence-electron chi connectivity index (χ0n) is 10.0. The van der Waals surface area contributed by atoms with Gasteiger partial charge in [0.15, 0.2) is 0 Å². The van der Waals surface area contributed by atoms with E-state index in [0.29, 0.717) is 0 Å². The zero-order chi connectivity index (χ0) is 11.2. The Morgan fingerprint density at radius 2 is 2.00 bits per heavy atom. The fraction of sp³-hybridized carbons (Fsp3) is 0.571. The molecular formula is C14H21NO. The highest BCUT2D eigenvalue weighted by atomic mass is 16.5. The van der Waals surface area contributed by atoms with Crippen LogP contribution in [-0.2, 0) is 6.42 Å². The van der Waals surface area contributed by atoms with Crippen molar-refractivity contribution < 1.29 is 4.74 Å². The van der Waals surface area contributed by atoms with Gasteiger partial charge in [0.25, 0.3) is 0 Å². The van der Waals surface area contributed by atoms with Crippen LogP contribution in [0.4, 0.5) is 0 Å². The Labute approximate surface area is 98.0 Å². The van der Waals surface area contributed by atoms with E-state index in [4.69, 9.17) is 4.74 Å². The SMILES string of the molecule is COc1ccc(CCCNCC2CC2)cc1. The van der Waals surface area contributed by atoms with E-state index in [-0.39, 0.29) is 0 Å². The highest BCUT2D eigenvalue weighted by molar-refractivity contribution is 5.27. The molecule has 1 aliphatic carbocycles. The van der Waals surface area contributed by atoms with Crippen molar-refractivity contribution in [3.8, 4) is 5.75 Å². The van der Waals surface area contributed by atoms with Gasteiger partial charge in [0.05, 0.1) is 7.11 Å². The first-order valence-electron chi connectivity index (χ1n) is 6.22. The maximum Gasteiger partial charge on any atom is 0.118 e. The summed E-state index contributed by atoms with van der Waals surface area (Å²) in [5.41, 5.74) is 1.40. The largest absolute Gasteiger partial charge is 0.497 e. The Kier molecular flexibility index (Phi) is 4.23. The lowest BCUT2D eigenvalue weighted by Gasteiger charge is -2.05. The Hall–Kier alpha value is -1.02. The zero-order valence-corrected chi connectivity index (χ0v) is 10.0. The predicted octanol–water partition coefficient (Wildman–Crippen LogP) is 2.63. The molecule has 16 heavy (non-hydrogen) atoms. The smallest absolute Gasteiger partial charge is 0.118 e. The van der Waals surface area contributed by atoms with E-state index in [1.807, 2.05) is 12.1 Å². The molecule has 2 rings (SSSR count). The van der Waals surface area contributed by atoms with E-state index in [1.54, 1.807) is 7.11 Å². The van der Waals surface area contributed by atoms with E-state index in [2.05, 4.69) is 17.4 Å². The highest BCUT2D eigenvalue weighted by Gasteiger charge is 2.19. The predicted molar refractivity (Wildman–Crippen MR) is 66.9 cm³/mol. The van der Waals surface area contributed by atoms with Crippen molar-refractivity contribution in [3.63, 3.8) is 0 Å². The number of hydrogen-bond donors (Lipinski definition) is 1. The third-order valence-electron chi connectivity index (χ3n) is 3.11. The average molecular weight is 219 g/mol. The van der Waals surface area contributed by atoms with Gasteiger partial charge in [0.2, 0.25) is 0 Å². The molecule has 0 atom stereocenters. The van der Waals surface area contributed by atoms with Crippen LogP contribution >= 0.6 is 0 Å². The second kappa shape index (κ2) is 5.90. The van der Waals surface area contributed by atoms with Gasteiger partial charge in [0.1, 0.15) is 5.75 Å². The molecular weight excluding hydrogens is 198 g/mol. The topological polar surface area (TPSA) is 21.3 Å². The molecule has 88 valence electrons. The summed E-state index contributed by atoms with van der Waals surface area (Å²) >= 11 is 0. The minimum Gasteiger partial charge on any atom is -0.497 e. The fourth-order valence-electron chi connectivity index (χ4n) is 1.84. The molecule has 1 aromatic rings. The number of ether oxygens (including phenoxy) is 1. The number of hydrogen-bond acceptors (Lipinski definition) is 2. The standard InChI is InChI=1S/C14H21NO/c1-16-14-8-6-12(7-9-14)3-2-10-15-11-13-4-5-13/h6-9,13,15H,2-5,10-11H2,1H3. The third-order valence-corrected chi connectivity index (χ3v) is 3.11. The lowest BCUT2D eigenvalue weighted by atomic mass is 10.1. The van der Waals surface area contributed by atoms with Crippen LogP contribution in [0.3, 0.4) is 0 Å². The third kappa shape index (κ3) is 3.86. The molecule has 1 aromatic carbocycles. The molecule has 0 amide bonds. The van der Waals surface area contributed by atoms with Gasteiger partial charge in [-0.2, -0.15) is 0 Å². The summed E-state index contributed by atoms with van der Waals surface area (Å²) in [6.45, 7) is 2.37. The molecule has 1 N–H and O–H groups in total. The Morgan fingerprint density at radius 1 is 1.25 bits per heavy atom. The summed E-state index contributed by atoms with van der Waals surface area (Å²) in [4.78, 5) is 0. The number of benzene rings is 1. The molecule has 0 saturated heterocycles. The van der Waals surface area contributed by atoms with Gasteiger partial charge in [-0.1, -0.05) is 12.1 Å². The van der Waals surface area contributed by atoms with Crippen LogP contribution in [0.25, 0.3) is 0 Å². The van der Waals surface area contributed by atoms with Crippen molar-refractivity contribution in [2.75, 3.05) is 20.2 Å². The van der Waals surface area contributed by atoms with E-state index in [9.17, 15) is 0 Å². The Bertz CT molecular complexity index is 303. The summed E-state index contributed by atoms with van der Waals surface area (Å²) in [5.74, 6) is 1.93. The summed E-state index contributed by atoms with van der Waals surface area (Å²) in [7, 11) is 1.71. The minimum absolute atomic E-state index is 0.940. The van der Waals surface area contributed by atoms with E-state index in [0.717, 1.165) is 24.6 Å². The van der Waals surface area contributed by atoms with E-state index in [1.165, 1.54) is 31.4 Å². The lowest BCUT2D eigenvalue weighted by Crippen LogP contribution is -2.18. The Morgan fingerprint density at radius 3 is 2.62 bits per heavy atom. The second-order valence-corrected chi connectivity index (χ2v) is 4.60. The highest BCUT2D eigenvalue weighted by Crippen LogP contribution is 2.27. The van der Waals surface area contributed by atoms with Gasteiger partial charge >= 0.3 is 0 Å². The summed E-state index contributed by atoms with van der Waals surface area (Å²) in [6.07, 6.45) is 5.25. The van der Waals surface area contributed by atoms with Crippen molar-refractivity contribution in [2.24, 2.45) is 5.92 Å². The van der Waals surface area contributed by atoms with Crippen LogP contribution in [0.2, 0.25) is 0 Å². The van der Waals surface area contributed by atoms with Gasteiger partial charge in [0, 0.05) is 0 Å². The molecule has 2 nitrogen and oxygen atoms in total. The van der Waals surface area contributed by atoms with E-state index >= 15 is 0 Å². The average Bonchev–Trinajstić information content (AvgIpc) is 3.13. The quantitative estimate of drug-likeness (QED) is 0.712. The van der Waals surface area contributed by atoms with Gasteiger partial charge in [-0.25, -0.2) is 0 Å². The first-order valence-corrected chi connectivity index (χ1v) is 6.22. The van der Waals surface area contributed by atoms with Crippen LogP contribution in [0.1, 0.15) is 24.8 Å². The van der Waals surface area contributed by atoms with Crippen molar-refractivity contribution in [3.05, 3.63) is 29.8 Å². The van der Waals surface area contributed by atoms with Gasteiger partial charge in [-0.15, -0.1) is 0 Å². The minimum atomic E-state index is 0.940. The van der Waals surface area contributed by atoms with E-state index < -0.39 is 0 Å². The molecule has 0 spiro atoms. The molecule has 1 aliphatic rings. The number of methoxy groups -OCH3 is 1. The van der Waals surface area contributed by atoms with Crippen molar-refractivity contribution in [2.45, 2.75) is 25.7 Å². The molecule has 0 bridgehead atoms. The van der Waals surface area contributed by atoms with Gasteiger partial charge in [-0.3, -0.25) is 0 Å².